The first kappa shape index (κ1) is 23.2. The highest BCUT2D eigenvalue weighted by Crippen LogP contribution is 2.42. The van der Waals surface area contributed by atoms with Gasteiger partial charge in [-0.3, -0.25) is 10.0 Å². The van der Waals surface area contributed by atoms with Crippen molar-refractivity contribution in [2.24, 2.45) is 0 Å². The van der Waals surface area contributed by atoms with Crippen molar-refractivity contribution in [2.75, 3.05) is 39.1 Å². The van der Waals surface area contributed by atoms with E-state index in [2.05, 4.69) is 52.4 Å². The van der Waals surface area contributed by atoms with Gasteiger partial charge in [-0.1, -0.05) is 11.6 Å². The van der Waals surface area contributed by atoms with E-state index >= 15 is 0 Å². The van der Waals surface area contributed by atoms with Crippen LogP contribution < -0.4 is 31.5 Å². The van der Waals surface area contributed by atoms with E-state index in [1.807, 2.05) is 21.0 Å². The van der Waals surface area contributed by atoms with Crippen molar-refractivity contribution in [1.29, 1.82) is 0 Å². The lowest BCUT2D eigenvalue weighted by molar-refractivity contribution is 0.298. The molecule has 0 saturated heterocycles. The number of fused-ring (bicyclic) bond motifs is 1. The van der Waals surface area contributed by atoms with Crippen LogP contribution in [0.2, 0.25) is 5.02 Å². The number of aliphatic hydroxyl groups is 1. The average molecular weight is 449 g/mol. The normalized spacial score (nSPS) is 13.5. The molecule has 5 N–H and O–H groups in total. The molecule has 10 heteroatoms. The second-order valence-electron chi connectivity index (χ2n) is 8.44. The summed E-state index contributed by atoms with van der Waals surface area (Å²) >= 11 is 6.10. The summed E-state index contributed by atoms with van der Waals surface area (Å²) in [7, 11) is 0. The maximum absolute atomic E-state index is 9.59. The number of anilines is 6. The molecular formula is C21H33ClN8O. The summed E-state index contributed by atoms with van der Waals surface area (Å²) in [5.41, 5.74) is 11.6. The summed E-state index contributed by atoms with van der Waals surface area (Å²) in [5, 5.41) is 17.6. The number of nitrogens with one attached hydrogen (secondary N) is 2. The van der Waals surface area contributed by atoms with Crippen molar-refractivity contribution < 1.29 is 5.11 Å². The van der Waals surface area contributed by atoms with Crippen LogP contribution in [0.5, 0.6) is 0 Å². The van der Waals surface area contributed by atoms with Crippen molar-refractivity contribution in [3.05, 3.63) is 23.2 Å². The first-order valence-electron chi connectivity index (χ1n) is 10.6. The Morgan fingerprint density at radius 2 is 1.81 bits per heavy atom. The van der Waals surface area contributed by atoms with Gasteiger partial charge in [0.25, 0.3) is 0 Å². The summed E-state index contributed by atoms with van der Waals surface area (Å²) in [5.74, 6) is 1.97. The van der Waals surface area contributed by atoms with Gasteiger partial charge >= 0.3 is 0 Å². The van der Waals surface area contributed by atoms with Gasteiger partial charge in [0.2, 0.25) is 5.95 Å². The Balaban J connectivity index is 2.18. The number of benzene rings is 1. The van der Waals surface area contributed by atoms with Crippen molar-refractivity contribution in [2.45, 2.75) is 59.7 Å². The molecule has 31 heavy (non-hydrogen) atoms. The minimum Gasteiger partial charge on any atom is -0.397 e. The van der Waals surface area contributed by atoms with Crippen molar-refractivity contribution in [1.82, 2.24) is 15.5 Å². The molecule has 0 fully saturated rings. The Morgan fingerprint density at radius 3 is 2.35 bits per heavy atom. The predicted octanol–water partition coefficient (Wildman–Crippen LogP) is 3.53. The summed E-state index contributed by atoms with van der Waals surface area (Å²) in [6, 6.07) is 5.84. The largest absolute Gasteiger partial charge is 0.397 e. The summed E-state index contributed by atoms with van der Waals surface area (Å²) < 4.78 is 0. The maximum Gasteiger partial charge on any atom is 0.229 e. The van der Waals surface area contributed by atoms with Crippen LogP contribution >= 0.6 is 11.6 Å². The van der Waals surface area contributed by atoms with Gasteiger partial charge in [-0.25, -0.2) is 0 Å². The van der Waals surface area contributed by atoms with E-state index in [0.29, 0.717) is 29.0 Å². The summed E-state index contributed by atoms with van der Waals surface area (Å²) in [6.07, 6.45) is 0. The lowest BCUT2D eigenvalue weighted by Gasteiger charge is -2.28. The van der Waals surface area contributed by atoms with E-state index in [0.717, 1.165) is 17.2 Å². The molecule has 0 bridgehead atoms. The van der Waals surface area contributed by atoms with Crippen LogP contribution in [0.25, 0.3) is 0 Å². The van der Waals surface area contributed by atoms with Crippen LogP contribution in [0.4, 0.5) is 34.6 Å². The lowest BCUT2D eigenvalue weighted by Crippen LogP contribution is -2.50. The molecule has 0 aliphatic carbocycles. The third-order valence-corrected chi connectivity index (χ3v) is 5.40. The third-order valence-electron chi connectivity index (χ3n) is 5.05. The average Bonchev–Trinajstić information content (AvgIpc) is 3.09. The van der Waals surface area contributed by atoms with Gasteiger partial charge in [-0.2, -0.15) is 9.97 Å². The van der Waals surface area contributed by atoms with E-state index < -0.39 is 0 Å². The smallest absolute Gasteiger partial charge is 0.229 e. The molecule has 1 aromatic carbocycles. The number of hydrogen-bond donors (Lipinski definition) is 4. The van der Waals surface area contributed by atoms with Gasteiger partial charge in [0.1, 0.15) is 5.69 Å². The van der Waals surface area contributed by atoms with Gasteiger partial charge in [0.05, 0.1) is 17.3 Å². The number of nitrogens with two attached hydrogens (primary N) is 1. The maximum atomic E-state index is 9.59. The van der Waals surface area contributed by atoms with Crippen LogP contribution in [-0.4, -0.2) is 46.4 Å². The molecule has 2 heterocycles. The fourth-order valence-corrected chi connectivity index (χ4v) is 3.56. The molecule has 0 saturated carbocycles. The quantitative estimate of drug-likeness (QED) is 0.451. The summed E-state index contributed by atoms with van der Waals surface area (Å²) in [4.78, 5) is 11.8. The number of halogens is 1. The lowest BCUT2D eigenvalue weighted by atomic mass is 10.2. The zero-order valence-corrected chi connectivity index (χ0v) is 19.8. The first-order chi connectivity index (χ1) is 14.6. The molecule has 3 rings (SSSR count). The third kappa shape index (κ3) is 4.73. The minimum atomic E-state index is 0.0133. The Labute approximate surface area is 189 Å². The van der Waals surface area contributed by atoms with Crippen LogP contribution in [0, 0.1) is 0 Å². The second-order valence-corrected chi connectivity index (χ2v) is 8.85. The standard InChI is InChI=1S/C21H33ClN8O/c1-12(2)28(9-10-31)21-25-19(24-15-7-8-16(22)17(23)11-15)18-20(26-21)30(14(5)6)27-29(18)13(3)4/h7-8,11-14,27,31H,9-10,23H2,1-6H3,(H,24,25,26). The van der Waals surface area contributed by atoms with Crippen LogP contribution in [0.3, 0.4) is 0 Å². The van der Waals surface area contributed by atoms with Crippen LogP contribution in [0.15, 0.2) is 18.2 Å². The number of hydrazine groups is 2. The second kappa shape index (κ2) is 9.33. The molecule has 0 unspecified atom stereocenters. The monoisotopic (exact) mass is 448 g/mol. The SMILES string of the molecule is CC(C)N(CCO)c1nc(Nc2ccc(Cl)c(N)c2)c2c(n1)N(C(C)C)NN2C(C)C. The highest BCUT2D eigenvalue weighted by atomic mass is 35.5. The molecule has 170 valence electrons. The van der Waals surface area contributed by atoms with Crippen molar-refractivity contribution >= 4 is 46.2 Å². The fraction of sp³-hybridized carbons (Fsp3) is 0.524. The Hall–Kier alpha value is -2.49. The van der Waals surface area contributed by atoms with E-state index in [9.17, 15) is 5.11 Å². The Morgan fingerprint density at radius 1 is 1.13 bits per heavy atom. The van der Waals surface area contributed by atoms with E-state index in [1.165, 1.54) is 0 Å². The molecular weight excluding hydrogens is 416 g/mol. The summed E-state index contributed by atoms with van der Waals surface area (Å²) in [6.45, 7) is 13.0. The highest BCUT2D eigenvalue weighted by molar-refractivity contribution is 6.33. The molecule has 2 aromatic rings. The van der Waals surface area contributed by atoms with Gasteiger partial charge < -0.3 is 21.1 Å². The zero-order valence-electron chi connectivity index (χ0n) is 19.0. The molecule has 1 aliphatic heterocycles. The first-order valence-corrected chi connectivity index (χ1v) is 11.0. The van der Waals surface area contributed by atoms with E-state index in [1.54, 1.807) is 12.1 Å². The van der Waals surface area contributed by atoms with Crippen LogP contribution in [0.1, 0.15) is 41.5 Å². The van der Waals surface area contributed by atoms with E-state index in [-0.39, 0.29) is 24.7 Å². The minimum absolute atomic E-state index is 0.0133. The molecule has 0 atom stereocenters. The number of nitrogens with zero attached hydrogens (tertiary/aromatic N) is 5. The molecule has 1 aromatic heterocycles. The number of hydrogen-bond acceptors (Lipinski definition) is 9. The zero-order chi connectivity index (χ0) is 22.9. The molecule has 0 radical (unpaired) electrons. The Kier molecular flexibility index (Phi) is 6.98. The molecule has 0 spiro atoms. The van der Waals surface area contributed by atoms with Gasteiger partial charge in [0, 0.05) is 30.4 Å². The van der Waals surface area contributed by atoms with Crippen molar-refractivity contribution in [3.63, 3.8) is 0 Å². The molecule has 1 aliphatic rings. The Bertz CT molecular complexity index is 920. The van der Waals surface area contributed by atoms with Gasteiger partial charge in [0.15, 0.2) is 11.6 Å². The number of aliphatic hydroxyl groups excluding tert-OH is 1. The molecule has 9 nitrogen and oxygen atoms in total. The predicted molar refractivity (Wildman–Crippen MR) is 129 cm³/mol. The number of aromatic nitrogens is 2. The number of rotatable bonds is 8. The van der Waals surface area contributed by atoms with Gasteiger partial charge in [-0.05, 0) is 59.7 Å². The van der Waals surface area contributed by atoms with E-state index in [4.69, 9.17) is 27.3 Å². The topological polar surface area (TPSA) is 106 Å². The molecule has 0 amide bonds. The van der Waals surface area contributed by atoms with Crippen LogP contribution in [-0.2, 0) is 0 Å². The fourth-order valence-electron chi connectivity index (χ4n) is 3.44. The highest BCUT2D eigenvalue weighted by Gasteiger charge is 2.35. The number of nitrogen functional groups attached to an aromatic ring is 1. The van der Waals surface area contributed by atoms with Crippen molar-refractivity contribution in [3.8, 4) is 0 Å². The van der Waals surface area contributed by atoms with Gasteiger partial charge in [-0.15, -0.1) is 5.53 Å².